The predicted molar refractivity (Wildman–Crippen MR) is 98.0 cm³/mol. The molecule has 1 heterocycles. The van der Waals surface area contributed by atoms with E-state index >= 15 is 0 Å². The summed E-state index contributed by atoms with van der Waals surface area (Å²) < 4.78 is 5.86. The normalized spacial score (nSPS) is 32.0. The highest BCUT2D eigenvalue weighted by atomic mass is 16.5. The number of ether oxygens (including phenoxy) is 1. The Balaban J connectivity index is 1.19. The molecular weight excluding hydrogens is 312 g/mol. The van der Waals surface area contributed by atoms with E-state index in [1.54, 1.807) is 0 Å². The Kier molecular flexibility index (Phi) is 5.37. The van der Waals surface area contributed by atoms with Crippen LogP contribution in [0.2, 0.25) is 0 Å². The monoisotopic (exact) mass is 342 g/mol. The van der Waals surface area contributed by atoms with E-state index < -0.39 is 0 Å². The van der Waals surface area contributed by atoms with E-state index in [9.17, 15) is 4.79 Å². The van der Waals surface area contributed by atoms with Gasteiger partial charge in [-0.3, -0.25) is 9.69 Å². The van der Waals surface area contributed by atoms with Crippen molar-refractivity contribution in [3.05, 3.63) is 35.9 Å². The van der Waals surface area contributed by atoms with Gasteiger partial charge in [-0.05, 0) is 42.6 Å². The van der Waals surface area contributed by atoms with Crippen LogP contribution < -0.4 is 5.32 Å². The molecule has 1 saturated heterocycles. The van der Waals surface area contributed by atoms with Crippen LogP contribution in [0.3, 0.4) is 0 Å². The lowest BCUT2D eigenvalue weighted by atomic mass is 9.86. The molecule has 1 aromatic rings. The highest BCUT2D eigenvalue weighted by molar-refractivity contribution is 5.76. The lowest BCUT2D eigenvalue weighted by molar-refractivity contribution is -0.123. The highest BCUT2D eigenvalue weighted by Gasteiger charge is 2.40. The van der Waals surface area contributed by atoms with E-state index in [0.29, 0.717) is 12.5 Å². The number of nitrogens with one attached hydrogen (secondary N) is 1. The smallest absolute Gasteiger partial charge is 0.220 e. The lowest BCUT2D eigenvalue weighted by Gasteiger charge is -2.33. The third-order valence-corrected chi connectivity index (χ3v) is 6.33. The number of morpholine rings is 1. The molecule has 4 rings (SSSR count). The zero-order chi connectivity index (χ0) is 17.1. The molecule has 1 aromatic carbocycles. The number of carbonyl (C=O) groups excluding carboxylic acids is 1. The van der Waals surface area contributed by atoms with Crippen LogP contribution in [0.5, 0.6) is 0 Å². The van der Waals surface area contributed by atoms with Crippen molar-refractivity contribution in [2.75, 3.05) is 26.2 Å². The van der Waals surface area contributed by atoms with Gasteiger partial charge in [0, 0.05) is 32.6 Å². The van der Waals surface area contributed by atoms with Crippen molar-refractivity contribution in [1.82, 2.24) is 10.2 Å². The van der Waals surface area contributed by atoms with Crippen molar-refractivity contribution in [2.24, 2.45) is 17.8 Å². The Morgan fingerprint density at radius 3 is 2.84 bits per heavy atom. The number of hydrogen-bond donors (Lipinski definition) is 1. The average molecular weight is 342 g/mol. The first-order valence-corrected chi connectivity index (χ1v) is 9.91. The second kappa shape index (κ2) is 7.88. The molecule has 0 aromatic heterocycles. The number of rotatable bonds is 6. The molecule has 1 N–H and O–H groups in total. The topological polar surface area (TPSA) is 41.6 Å². The minimum atomic E-state index is 0.112. The van der Waals surface area contributed by atoms with Gasteiger partial charge in [0.2, 0.25) is 5.91 Å². The van der Waals surface area contributed by atoms with Crippen molar-refractivity contribution >= 4 is 5.91 Å². The summed E-state index contributed by atoms with van der Waals surface area (Å²) in [6.07, 6.45) is 6.24. The van der Waals surface area contributed by atoms with Crippen molar-refractivity contribution in [1.29, 1.82) is 0 Å². The van der Waals surface area contributed by atoms with Crippen molar-refractivity contribution in [3.63, 3.8) is 0 Å². The molecular formula is C21H30N2O2. The molecule has 4 atom stereocenters. The first kappa shape index (κ1) is 17.0. The largest absolute Gasteiger partial charge is 0.374 e. The number of amides is 1. The number of nitrogens with zero attached hydrogens (tertiary/aromatic N) is 1. The van der Waals surface area contributed by atoms with Crippen LogP contribution in [0.25, 0.3) is 0 Å². The number of carbonyl (C=O) groups is 1. The zero-order valence-electron chi connectivity index (χ0n) is 15.0. The molecule has 3 fully saturated rings. The van der Waals surface area contributed by atoms with Gasteiger partial charge >= 0.3 is 0 Å². The molecule has 1 amide bonds. The third-order valence-electron chi connectivity index (χ3n) is 6.33. The summed E-state index contributed by atoms with van der Waals surface area (Å²) >= 11 is 0. The standard InChI is InChI=1S/C21H30N2O2/c24-21(12-19-11-17-6-7-18(19)10-17)22-13-20-15-23(8-9-25-20)14-16-4-2-1-3-5-16/h1-5,17-20H,6-15H2,(H,22,24)/t17-,18-,19+,20+/m0/s1. The van der Waals surface area contributed by atoms with E-state index in [2.05, 4.69) is 40.5 Å². The Morgan fingerprint density at radius 2 is 2.08 bits per heavy atom. The number of hydrogen-bond acceptors (Lipinski definition) is 3. The Bertz CT molecular complexity index is 577. The van der Waals surface area contributed by atoms with Gasteiger partial charge in [0.05, 0.1) is 12.7 Å². The maximum absolute atomic E-state index is 12.3. The van der Waals surface area contributed by atoms with Crippen LogP contribution in [0, 0.1) is 17.8 Å². The molecule has 0 spiro atoms. The van der Waals surface area contributed by atoms with Gasteiger partial charge in [0.15, 0.2) is 0 Å². The average Bonchev–Trinajstić information content (AvgIpc) is 3.24. The molecule has 2 bridgehead atoms. The summed E-state index contributed by atoms with van der Waals surface area (Å²) in [6.45, 7) is 4.21. The molecule has 25 heavy (non-hydrogen) atoms. The summed E-state index contributed by atoms with van der Waals surface area (Å²) in [5.41, 5.74) is 1.34. The minimum Gasteiger partial charge on any atom is -0.374 e. The quantitative estimate of drug-likeness (QED) is 0.864. The fourth-order valence-corrected chi connectivity index (χ4v) is 5.05. The van der Waals surface area contributed by atoms with Crippen LogP contribution in [-0.2, 0) is 16.1 Å². The first-order chi connectivity index (χ1) is 12.3. The first-order valence-electron chi connectivity index (χ1n) is 9.91. The number of benzene rings is 1. The minimum absolute atomic E-state index is 0.112. The van der Waals surface area contributed by atoms with Crippen molar-refractivity contribution in [2.45, 2.75) is 44.8 Å². The fourth-order valence-electron chi connectivity index (χ4n) is 5.05. The Labute approximate surface area is 150 Å². The molecule has 0 unspecified atom stereocenters. The van der Waals surface area contributed by atoms with Gasteiger partial charge < -0.3 is 10.1 Å². The second-order valence-corrected chi connectivity index (χ2v) is 8.16. The van der Waals surface area contributed by atoms with Crippen LogP contribution in [-0.4, -0.2) is 43.2 Å². The van der Waals surface area contributed by atoms with Gasteiger partial charge in [-0.15, -0.1) is 0 Å². The van der Waals surface area contributed by atoms with Crippen LogP contribution in [0.1, 0.15) is 37.7 Å². The third kappa shape index (κ3) is 4.42. The zero-order valence-corrected chi connectivity index (χ0v) is 15.0. The summed E-state index contributed by atoms with van der Waals surface area (Å²) in [6, 6.07) is 10.6. The van der Waals surface area contributed by atoms with Gasteiger partial charge in [-0.25, -0.2) is 0 Å². The predicted octanol–water partition coefficient (Wildman–Crippen LogP) is 2.83. The van der Waals surface area contributed by atoms with E-state index in [1.807, 2.05) is 0 Å². The second-order valence-electron chi connectivity index (χ2n) is 8.16. The van der Waals surface area contributed by atoms with E-state index in [1.165, 1.54) is 31.2 Å². The van der Waals surface area contributed by atoms with Crippen LogP contribution >= 0.6 is 0 Å². The van der Waals surface area contributed by atoms with E-state index in [0.717, 1.165) is 44.5 Å². The molecule has 2 saturated carbocycles. The molecule has 4 nitrogen and oxygen atoms in total. The van der Waals surface area contributed by atoms with Gasteiger partial charge in [-0.2, -0.15) is 0 Å². The molecule has 136 valence electrons. The van der Waals surface area contributed by atoms with Gasteiger partial charge in [-0.1, -0.05) is 36.8 Å². The van der Waals surface area contributed by atoms with E-state index in [4.69, 9.17) is 4.74 Å². The molecule has 4 heteroatoms. The van der Waals surface area contributed by atoms with Crippen LogP contribution in [0.15, 0.2) is 30.3 Å². The lowest BCUT2D eigenvalue weighted by Crippen LogP contribution is -2.47. The fraction of sp³-hybridized carbons (Fsp3) is 0.667. The highest BCUT2D eigenvalue weighted by Crippen LogP contribution is 2.49. The summed E-state index contributed by atoms with van der Waals surface area (Å²) in [4.78, 5) is 14.7. The van der Waals surface area contributed by atoms with Gasteiger partial charge in [0.1, 0.15) is 0 Å². The molecule has 0 radical (unpaired) electrons. The van der Waals surface area contributed by atoms with Crippen LogP contribution in [0.4, 0.5) is 0 Å². The molecule has 1 aliphatic heterocycles. The maximum atomic E-state index is 12.3. The summed E-state index contributed by atoms with van der Waals surface area (Å²) in [5, 5.41) is 3.13. The summed E-state index contributed by atoms with van der Waals surface area (Å²) in [7, 11) is 0. The Hall–Kier alpha value is -1.39. The van der Waals surface area contributed by atoms with Crippen molar-refractivity contribution in [3.8, 4) is 0 Å². The van der Waals surface area contributed by atoms with Crippen molar-refractivity contribution < 1.29 is 9.53 Å². The molecule has 3 aliphatic rings. The molecule has 2 aliphatic carbocycles. The SMILES string of the molecule is O=C(C[C@H]1C[C@H]2CC[C@H]1C2)NC[C@@H]1CN(Cc2ccccc2)CCO1. The van der Waals surface area contributed by atoms with Gasteiger partial charge in [0.25, 0.3) is 0 Å². The Morgan fingerprint density at radius 1 is 1.20 bits per heavy atom. The maximum Gasteiger partial charge on any atom is 0.220 e. The number of fused-ring (bicyclic) bond motifs is 2. The summed E-state index contributed by atoms with van der Waals surface area (Å²) in [5.74, 6) is 2.60. The van der Waals surface area contributed by atoms with E-state index in [-0.39, 0.29) is 12.0 Å².